The van der Waals surface area contributed by atoms with Crippen molar-refractivity contribution in [1.29, 1.82) is 0 Å². The van der Waals surface area contributed by atoms with Crippen LogP contribution < -0.4 is 11.1 Å². The van der Waals surface area contributed by atoms with Crippen molar-refractivity contribution < 1.29 is 18.0 Å². The number of halogens is 3. The Morgan fingerprint density at radius 1 is 1.35 bits per heavy atom. The van der Waals surface area contributed by atoms with Gasteiger partial charge in [-0.3, -0.25) is 4.79 Å². The van der Waals surface area contributed by atoms with E-state index in [1.165, 1.54) is 6.07 Å². The third-order valence-corrected chi connectivity index (χ3v) is 3.41. The van der Waals surface area contributed by atoms with Gasteiger partial charge in [0.2, 0.25) is 5.91 Å². The van der Waals surface area contributed by atoms with Gasteiger partial charge >= 0.3 is 6.18 Å². The zero-order valence-electron chi connectivity index (χ0n) is 10.8. The van der Waals surface area contributed by atoms with Crippen LogP contribution >= 0.6 is 0 Å². The van der Waals surface area contributed by atoms with Crippen molar-refractivity contribution in [3.05, 3.63) is 24.0 Å². The van der Waals surface area contributed by atoms with Gasteiger partial charge in [0, 0.05) is 12.0 Å². The number of hydrogen-bond donors (Lipinski definition) is 2. The molecule has 2 atom stereocenters. The molecule has 1 aromatic heterocycles. The van der Waals surface area contributed by atoms with Gasteiger partial charge in [0.15, 0.2) is 0 Å². The first-order chi connectivity index (χ1) is 9.36. The fourth-order valence-corrected chi connectivity index (χ4v) is 2.35. The van der Waals surface area contributed by atoms with E-state index in [1.807, 2.05) is 0 Å². The number of nitrogens with one attached hydrogen (secondary N) is 1. The number of nitrogens with two attached hydrogens (primary N) is 1. The van der Waals surface area contributed by atoms with Crippen LogP contribution in [0.25, 0.3) is 0 Å². The monoisotopic (exact) mass is 287 g/mol. The fraction of sp³-hybridized carbons (Fsp3) is 0.538. The summed E-state index contributed by atoms with van der Waals surface area (Å²) < 4.78 is 37.1. The SMILES string of the molecule is NC1CCCC(C(=O)Nc2ccc(C(F)(F)F)nc2)C1. The minimum atomic E-state index is -4.47. The lowest BCUT2D eigenvalue weighted by Crippen LogP contribution is -2.34. The Kier molecular flexibility index (Phi) is 4.27. The molecular weight excluding hydrogens is 271 g/mol. The van der Waals surface area contributed by atoms with Gasteiger partial charge < -0.3 is 11.1 Å². The maximum absolute atomic E-state index is 12.4. The molecule has 3 N–H and O–H groups in total. The maximum atomic E-state index is 12.4. The van der Waals surface area contributed by atoms with Crippen molar-refractivity contribution in [3.63, 3.8) is 0 Å². The molecule has 1 amide bonds. The first-order valence-electron chi connectivity index (χ1n) is 6.46. The Morgan fingerprint density at radius 3 is 2.65 bits per heavy atom. The number of nitrogens with zero attached hydrogens (tertiary/aromatic N) is 1. The summed E-state index contributed by atoms with van der Waals surface area (Å²) in [5.74, 6) is -0.386. The topological polar surface area (TPSA) is 68.0 Å². The van der Waals surface area contributed by atoms with Crippen LogP contribution in [0.1, 0.15) is 31.4 Å². The third-order valence-electron chi connectivity index (χ3n) is 3.41. The standard InChI is InChI=1S/C13H16F3N3O/c14-13(15,16)11-5-4-10(7-18-11)19-12(20)8-2-1-3-9(17)6-8/h4-5,7-9H,1-3,6,17H2,(H,19,20). The molecule has 0 aliphatic heterocycles. The van der Waals surface area contributed by atoms with Crippen LogP contribution in [0.3, 0.4) is 0 Å². The summed E-state index contributed by atoms with van der Waals surface area (Å²) in [6, 6.07) is 2.07. The van der Waals surface area contributed by atoms with Gasteiger partial charge in [-0.15, -0.1) is 0 Å². The van der Waals surface area contributed by atoms with E-state index < -0.39 is 11.9 Å². The highest BCUT2D eigenvalue weighted by atomic mass is 19.4. The van der Waals surface area contributed by atoms with Gasteiger partial charge in [0.05, 0.1) is 11.9 Å². The van der Waals surface area contributed by atoms with Crippen LogP contribution in [0.4, 0.5) is 18.9 Å². The van der Waals surface area contributed by atoms with Gasteiger partial charge in [0.1, 0.15) is 5.69 Å². The van der Waals surface area contributed by atoms with E-state index in [0.717, 1.165) is 31.5 Å². The molecule has 0 bridgehead atoms. The Morgan fingerprint density at radius 2 is 2.10 bits per heavy atom. The summed E-state index contributed by atoms with van der Waals surface area (Å²) >= 11 is 0. The molecule has 1 aromatic rings. The van der Waals surface area contributed by atoms with Crippen molar-refractivity contribution in [3.8, 4) is 0 Å². The molecule has 1 heterocycles. The Balaban J connectivity index is 1.97. The molecule has 2 rings (SSSR count). The van der Waals surface area contributed by atoms with E-state index in [1.54, 1.807) is 0 Å². The number of rotatable bonds is 2. The smallest absolute Gasteiger partial charge is 0.328 e. The molecule has 1 aliphatic carbocycles. The largest absolute Gasteiger partial charge is 0.433 e. The highest BCUT2D eigenvalue weighted by Crippen LogP contribution is 2.28. The summed E-state index contributed by atoms with van der Waals surface area (Å²) in [7, 11) is 0. The number of amides is 1. The fourth-order valence-electron chi connectivity index (χ4n) is 2.35. The second-order valence-electron chi connectivity index (χ2n) is 5.04. The quantitative estimate of drug-likeness (QED) is 0.878. The number of alkyl halides is 3. The summed E-state index contributed by atoms with van der Waals surface area (Å²) in [5.41, 5.74) is 5.10. The molecule has 0 radical (unpaired) electrons. The molecule has 7 heteroatoms. The summed E-state index contributed by atoms with van der Waals surface area (Å²) in [4.78, 5) is 15.3. The Bertz CT molecular complexity index is 473. The second-order valence-corrected chi connectivity index (χ2v) is 5.04. The van der Waals surface area contributed by atoms with Crippen LogP contribution in [-0.2, 0) is 11.0 Å². The number of pyridine rings is 1. The van der Waals surface area contributed by atoms with E-state index in [-0.39, 0.29) is 23.6 Å². The van der Waals surface area contributed by atoms with Gasteiger partial charge in [-0.05, 0) is 31.4 Å². The minimum absolute atomic E-state index is 0.0187. The Hall–Kier alpha value is -1.63. The van der Waals surface area contributed by atoms with E-state index >= 15 is 0 Å². The number of anilines is 1. The summed E-state index contributed by atoms with van der Waals surface area (Å²) in [6.07, 6.45) is -0.286. The molecule has 0 aromatic carbocycles. The predicted octanol–water partition coefficient (Wildman–Crippen LogP) is 2.56. The zero-order chi connectivity index (χ0) is 14.8. The predicted molar refractivity (Wildman–Crippen MR) is 67.8 cm³/mol. The van der Waals surface area contributed by atoms with Crippen molar-refractivity contribution in [2.75, 3.05) is 5.32 Å². The lowest BCUT2D eigenvalue weighted by molar-refractivity contribution is -0.141. The van der Waals surface area contributed by atoms with Crippen LogP contribution in [0.5, 0.6) is 0 Å². The molecule has 0 spiro atoms. The Labute approximate surface area is 114 Å². The molecule has 4 nitrogen and oxygen atoms in total. The average molecular weight is 287 g/mol. The summed E-state index contributed by atoms with van der Waals surface area (Å²) in [5, 5.41) is 2.59. The van der Waals surface area contributed by atoms with Gasteiger partial charge in [-0.1, -0.05) is 6.42 Å². The second kappa shape index (κ2) is 5.78. The number of carbonyl (C=O) groups is 1. The first-order valence-corrected chi connectivity index (χ1v) is 6.46. The average Bonchev–Trinajstić information content (AvgIpc) is 2.38. The third kappa shape index (κ3) is 3.69. The maximum Gasteiger partial charge on any atom is 0.433 e. The van der Waals surface area contributed by atoms with E-state index in [0.29, 0.717) is 6.42 Å². The number of carbonyl (C=O) groups excluding carboxylic acids is 1. The highest BCUT2D eigenvalue weighted by molar-refractivity contribution is 5.92. The van der Waals surface area contributed by atoms with Crippen LogP contribution in [-0.4, -0.2) is 16.9 Å². The van der Waals surface area contributed by atoms with Crippen molar-refractivity contribution in [2.45, 2.75) is 37.9 Å². The van der Waals surface area contributed by atoms with E-state index in [2.05, 4.69) is 10.3 Å². The molecule has 110 valence electrons. The lowest BCUT2D eigenvalue weighted by atomic mass is 9.85. The van der Waals surface area contributed by atoms with Crippen LogP contribution in [0.15, 0.2) is 18.3 Å². The van der Waals surface area contributed by atoms with Crippen LogP contribution in [0.2, 0.25) is 0 Å². The molecule has 20 heavy (non-hydrogen) atoms. The normalized spacial score (nSPS) is 23.4. The summed E-state index contributed by atoms with van der Waals surface area (Å²) in [6.45, 7) is 0. The molecule has 1 saturated carbocycles. The molecule has 2 unspecified atom stereocenters. The number of aromatic nitrogens is 1. The zero-order valence-corrected chi connectivity index (χ0v) is 10.8. The van der Waals surface area contributed by atoms with E-state index in [9.17, 15) is 18.0 Å². The van der Waals surface area contributed by atoms with Crippen molar-refractivity contribution in [2.24, 2.45) is 11.7 Å². The van der Waals surface area contributed by atoms with E-state index in [4.69, 9.17) is 5.73 Å². The molecular formula is C13H16F3N3O. The molecule has 1 aliphatic rings. The van der Waals surface area contributed by atoms with Gasteiger partial charge in [-0.25, -0.2) is 4.98 Å². The number of hydrogen-bond acceptors (Lipinski definition) is 3. The lowest BCUT2D eigenvalue weighted by Gasteiger charge is -2.25. The van der Waals surface area contributed by atoms with Gasteiger partial charge in [-0.2, -0.15) is 13.2 Å². The highest BCUT2D eigenvalue weighted by Gasteiger charge is 2.32. The molecule has 1 fully saturated rings. The van der Waals surface area contributed by atoms with Crippen LogP contribution in [0, 0.1) is 5.92 Å². The molecule has 0 saturated heterocycles. The first kappa shape index (κ1) is 14.8. The van der Waals surface area contributed by atoms with Crippen molar-refractivity contribution in [1.82, 2.24) is 4.98 Å². The van der Waals surface area contributed by atoms with Crippen molar-refractivity contribution >= 4 is 11.6 Å². The minimum Gasteiger partial charge on any atom is -0.328 e. The van der Waals surface area contributed by atoms with Gasteiger partial charge in [0.25, 0.3) is 0 Å².